The molecule has 2 atom stereocenters. The lowest BCUT2D eigenvalue weighted by Crippen LogP contribution is -2.46. The lowest BCUT2D eigenvalue weighted by molar-refractivity contribution is -0.121. The zero-order chi connectivity index (χ0) is 17.9. The average Bonchev–Trinajstić information content (AvgIpc) is 3.09. The minimum atomic E-state index is 0.245. The molecule has 1 fully saturated rings. The first-order valence-electron chi connectivity index (χ1n) is 8.52. The van der Waals surface area contributed by atoms with Crippen molar-refractivity contribution < 1.29 is 4.79 Å². The van der Waals surface area contributed by atoms with Crippen LogP contribution in [-0.2, 0) is 4.79 Å². The van der Waals surface area contributed by atoms with Crippen molar-refractivity contribution in [1.29, 1.82) is 0 Å². The zero-order valence-corrected chi connectivity index (χ0v) is 15.1. The minimum absolute atomic E-state index is 0.245. The summed E-state index contributed by atoms with van der Waals surface area (Å²) in [4.78, 5) is 24.4. The van der Waals surface area contributed by atoms with Gasteiger partial charge in [0.25, 0.3) is 0 Å². The molecule has 1 saturated heterocycles. The van der Waals surface area contributed by atoms with Crippen LogP contribution in [0.15, 0.2) is 31.2 Å². The summed E-state index contributed by atoms with van der Waals surface area (Å²) in [5.74, 6) is 0.830. The second-order valence-corrected chi connectivity index (χ2v) is 5.44. The fourth-order valence-electron chi connectivity index (χ4n) is 2.58. The van der Waals surface area contributed by atoms with Gasteiger partial charge in [0.1, 0.15) is 17.8 Å². The van der Waals surface area contributed by atoms with Gasteiger partial charge < -0.3 is 15.2 Å². The maximum atomic E-state index is 11.0. The molecular formula is C18H29N5O. The largest absolute Gasteiger partial charge is 0.365 e. The highest BCUT2D eigenvalue weighted by atomic mass is 16.1. The van der Waals surface area contributed by atoms with Crippen molar-refractivity contribution in [2.24, 2.45) is 0 Å². The van der Waals surface area contributed by atoms with Crippen LogP contribution in [0.5, 0.6) is 0 Å². The number of allylic oxidation sites excluding steroid dienone is 1. The average molecular weight is 331 g/mol. The summed E-state index contributed by atoms with van der Waals surface area (Å²) < 4.78 is 0. The normalized spacial score (nSPS) is 19.4. The lowest BCUT2D eigenvalue weighted by Gasteiger charge is -2.35. The van der Waals surface area contributed by atoms with Crippen molar-refractivity contribution in [2.45, 2.75) is 52.6 Å². The quantitative estimate of drug-likeness (QED) is 0.666. The minimum Gasteiger partial charge on any atom is -0.365 e. The van der Waals surface area contributed by atoms with E-state index in [4.69, 9.17) is 0 Å². The third-order valence-electron chi connectivity index (χ3n) is 3.76. The SMILES string of the molecule is C=CC.CC.CC1CCC(Nc2ncnc3[nH]ccc23)CN1C=O. The summed E-state index contributed by atoms with van der Waals surface area (Å²) in [6, 6.07) is 2.53. The summed E-state index contributed by atoms with van der Waals surface area (Å²) in [5.41, 5.74) is 0.828. The second-order valence-electron chi connectivity index (χ2n) is 5.44. The second kappa shape index (κ2) is 10.4. The Morgan fingerprint density at radius 2 is 2.08 bits per heavy atom. The summed E-state index contributed by atoms with van der Waals surface area (Å²) >= 11 is 0. The maximum absolute atomic E-state index is 11.0. The molecule has 0 spiro atoms. The van der Waals surface area contributed by atoms with Crippen molar-refractivity contribution in [3.05, 3.63) is 31.2 Å². The van der Waals surface area contributed by atoms with Crippen molar-refractivity contribution >= 4 is 23.3 Å². The molecule has 0 bridgehead atoms. The van der Waals surface area contributed by atoms with Crippen LogP contribution in [0.4, 0.5) is 5.82 Å². The molecule has 0 saturated carbocycles. The first kappa shape index (κ1) is 19.7. The Kier molecular flexibility index (Phi) is 8.54. The number of H-pyrrole nitrogens is 1. The monoisotopic (exact) mass is 331 g/mol. The highest BCUT2D eigenvalue weighted by Gasteiger charge is 2.24. The molecule has 24 heavy (non-hydrogen) atoms. The first-order valence-corrected chi connectivity index (χ1v) is 8.52. The molecule has 3 heterocycles. The number of anilines is 1. The number of carbonyl (C=O) groups is 1. The number of amides is 1. The van der Waals surface area contributed by atoms with Crippen LogP contribution >= 0.6 is 0 Å². The van der Waals surface area contributed by atoms with Crippen LogP contribution in [0.3, 0.4) is 0 Å². The summed E-state index contributed by atoms with van der Waals surface area (Å²) in [7, 11) is 0. The molecule has 2 unspecified atom stereocenters. The molecule has 2 N–H and O–H groups in total. The Morgan fingerprint density at radius 1 is 1.38 bits per heavy atom. The Bertz CT molecular complexity index is 625. The van der Waals surface area contributed by atoms with Crippen LogP contribution in [0.2, 0.25) is 0 Å². The molecule has 1 amide bonds. The zero-order valence-electron chi connectivity index (χ0n) is 15.1. The van der Waals surface area contributed by atoms with Gasteiger partial charge in [-0.1, -0.05) is 19.9 Å². The number of fused-ring (bicyclic) bond motifs is 1. The number of aromatic nitrogens is 3. The predicted molar refractivity (Wildman–Crippen MR) is 100.0 cm³/mol. The van der Waals surface area contributed by atoms with E-state index in [1.54, 1.807) is 12.4 Å². The van der Waals surface area contributed by atoms with Gasteiger partial charge in [0.2, 0.25) is 6.41 Å². The van der Waals surface area contributed by atoms with Gasteiger partial charge >= 0.3 is 0 Å². The van der Waals surface area contributed by atoms with Gasteiger partial charge in [0.05, 0.1) is 5.39 Å². The van der Waals surface area contributed by atoms with E-state index in [2.05, 4.69) is 33.8 Å². The molecule has 1 aliphatic rings. The van der Waals surface area contributed by atoms with Gasteiger partial charge in [-0.15, -0.1) is 6.58 Å². The number of nitrogens with zero attached hydrogens (tertiary/aromatic N) is 3. The molecule has 2 aromatic rings. The third kappa shape index (κ3) is 5.08. The van der Waals surface area contributed by atoms with E-state index < -0.39 is 0 Å². The van der Waals surface area contributed by atoms with Gasteiger partial charge in [-0.2, -0.15) is 0 Å². The van der Waals surface area contributed by atoms with E-state index in [9.17, 15) is 4.79 Å². The molecule has 2 aromatic heterocycles. The first-order chi connectivity index (χ1) is 11.7. The highest BCUT2D eigenvalue weighted by molar-refractivity contribution is 5.86. The molecule has 1 aliphatic heterocycles. The van der Waals surface area contributed by atoms with Crippen LogP contribution in [0, 0.1) is 0 Å². The summed E-state index contributed by atoms with van der Waals surface area (Å²) in [6.45, 7) is 12.1. The van der Waals surface area contributed by atoms with Gasteiger partial charge in [0.15, 0.2) is 0 Å². The van der Waals surface area contributed by atoms with Crippen molar-refractivity contribution in [2.75, 3.05) is 11.9 Å². The molecule has 6 nitrogen and oxygen atoms in total. The smallest absolute Gasteiger partial charge is 0.210 e. The van der Waals surface area contributed by atoms with Crippen molar-refractivity contribution in [3.8, 4) is 0 Å². The van der Waals surface area contributed by atoms with Crippen LogP contribution < -0.4 is 5.32 Å². The number of rotatable bonds is 3. The molecule has 0 radical (unpaired) electrons. The number of hydrogen-bond donors (Lipinski definition) is 2. The Morgan fingerprint density at radius 3 is 2.75 bits per heavy atom. The summed E-state index contributed by atoms with van der Waals surface area (Å²) in [5, 5.41) is 4.41. The van der Waals surface area contributed by atoms with E-state index in [1.807, 2.05) is 37.9 Å². The van der Waals surface area contributed by atoms with E-state index in [1.165, 1.54) is 0 Å². The van der Waals surface area contributed by atoms with Crippen LogP contribution in [-0.4, -0.2) is 44.9 Å². The number of likely N-dealkylation sites (tertiary alicyclic amines) is 1. The predicted octanol–water partition coefficient (Wildman–Crippen LogP) is 3.60. The number of carbonyl (C=O) groups excluding carboxylic acids is 1. The fraction of sp³-hybridized carbons (Fsp3) is 0.500. The standard InChI is InChI=1S/C13H17N5O.C3H6.C2H6/c1-9-2-3-10(6-18(9)8-19)17-13-11-4-5-14-12(11)15-7-16-13;1-3-2;1-2/h4-5,7-10H,2-3,6H2,1H3,(H2,14,15,16,17);3H,1H2,2H3;1-2H3. The van der Waals surface area contributed by atoms with E-state index >= 15 is 0 Å². The number of piperidine rings is 1. The molecule has 3 rings (SSSR count). The molecule has 132 valence electrons. The Hall–Kier alpha value is -2.37. The van der Waals surface area contributed by atoms with Gasteiger partial charge in [-0.05, 0) is 32.8 Å². The molecule has 6 heteroatoms. The van der Waals surface area contributed by atoms with E-state index in [0.29, 0.717) is 6.04 Å². The maximum Gasteiger partial charge on any atom is 0.210 e. The molecule has 0 aromatic carbocycles. The van der Waals surface area contributed by atoms with Crippen LogP contribution in [0.25, 0.3) is 11.0 Å². The van der Waals surface area contributed by atoms with Gasteiger partial charge in [-0.3, -0.25) is 4.79 Å². The third-order valence-corrected chi connectivity index (χ3v) is 3.76. The highest BCUT2D eigenvalue weighted by Crippen LogP contribution is 2.22. The fourth-order valence-corrected chi connectivity index (χ4v) is 2.58. The van der Waals surface area contributed by atoms with Crippen molar-refractivity contribution in [1.82, 2.24) is 19.9 Å². The Labute approximate surface area is 144 Å². The number of aromatic amines is 1. The van der Waals surface area contributed by atoms with Gasteiger partial charge in [0, 0.05) is 24.8 Å². The number of nitrogens with one attached hydrogen (secondary N) is 2. The van der Waals surface area contributed by atoms with Crippen LogP contribution in [0.1, 0.15) is 40.5 Å². The lowest BCUT2D eigenvalue weighted by atomic mass is 10.00. The van der Waals surface area contributed by atoms with Gasteiger partial charge in [-0.25, -0.2) is 9.97 Å². The van der Waals surface area contributed by atoms with E-state index in [-0.39, 0.29) is 6.04 Å². The number of hydrogen-bond acceptors (Lipinski definition) is 4. The molecular weight excluding hydrogens is 302 g/mol. The Balaban J connectivity index is 0.000000521. The van der Waals surface area contributed by atoms with E-state index in [0.717, 1.165) is 42.6 Å². The summed E-state index contributed by atoms with van der Waals surface area (Å²) in [6.07, 6.45) is 8.14. The van der Waals surface area contributed by atoms with Crippen molar-refractivity contribution in [3.63, 3.8) is 0 Å². The molecule has 0 aliphatic carbocycles. The topological polar surface area (TPSA) is 73.9 Å².